The standard InChI is InChI=1S/C18H23NO2/c1-21-17-9-8-14(15-6-2-3-7-16(15)17)12-19-18(13-20)10-4-5-11-18/h2-3,6-9,19-20H,4-5,10-13H2,1H3. The van der Waals surface area contributed by atoms with Crippen molar-refractivity contribution in [2.45, 2.75) is 37.8 Å². The van der Waals surface area contributed by atoms with Gasteiger partial charge in [0.25, 0.3) is 0 Å². The van der Waals surface area contributed by atoms with E-state index in [0.717, 1.165) is 30.5 Å². The third-order valence-electron chi connectivity index (χ3n) is 4.71. The molecule has 3 heteroatoms. The summed E-state index contributed by atoms with van der Waals surface area (Å²) in [5.74, 6) is 0.909. The molecule has 0 radical (unpaired) electrons. The Kier molecular flexibility index (Phi) is 4.13. The topological polar surface area (TPSA) is 41.5 Å². The predicted octanol–water partition coefficient (Wildman–Crippen LogP) is 3.24. The van der Waals surface area contributed by atoms with E-state index in [1.807, 2.05) is 12.1 Å². The van der Waals surface area contributed by atoms with Gasteiger partial charge in [-0.15, -0.1) is 0 Å². The van der Waals surface area contributed by atoms with Crippen molar-refractivity contribution in [2.75, 3.05) is 13.7 Å². The van der Waals surface area contributed by atoms with Gasteiger partial charge in [0.2, 0.25) is 0 Å². The first kappa shape index (κ1) is 14.4. The third kappa shape index (κ3) is 2.76. The second kappa shape index (κ2) is 6.04. The molecule has 0 unspecified atom stereocenters. The lowest BCUT2D eigenvalue weighted by atomic mass is 9.97. The Balaban J connectivity index is 1.87. The van der Waals surface area contributed by atoms with Crippen LogP contribution in [0.5, 0.6) is 5.75 Å². The van der Waals surface area contributed by atoms with E-state index in [9.17, 15) is 5.11 Å². The van der Waals surface area contributed by atoms with Gasteiger partial charge in [-0.3, -0.25) is 0 Å². The van der Waals surface area contributed by atoms with Crippen LogP contribution in [0.15, 0.2) is 36.4 Å². The van der Waals surface area contributed by atoms with Gasteiger partial charge >= 0.3 is 0 Å². The van der Waals surface area contributed by atoms with Crippen molar-refractivity contribution in [1.29, 1.82) is 0 Å². The maximum Gasteiger partial charge on any atom is 0.126 e. The number of methoxy groups -OCH3 is 1. The van der Waals surface area contributed by atoms with Crippen LogP contribution in [0.2, 0.25) is 0 Å². The zero-order valence-corrected chi connectivity index (χ0v) is 12.6. The number of aliphatic hydroxyl groups excluding tert-OH is 1. The van der Waals surface area contributed by atoms with Crippen LogP contribution in [-0.4, -0.2) is 24.4 Å². The van der Waals surface area contributed by atoms with Crippen molar-refractivity contribution in [2.24, 2.45) is 0 Å². The Hall–Kier alpha value is -1.58. The smallest absolute Gasteiger partial charge is 0.126 e. The van der Waals surface area contributed by atoms with Crippen LogP contribution < -0.4 is 10.1 Å². The van der Waals surface area contributed by atoms with Crippen molar-refractivity contribution in [3.05, 3.63) is 42.0 Å². The van der Waals surface area contributed by atoms with E-state index >= 15 is 0 Å². The molecule has 0 saturated heterocycles. The van der Waals surface area contributed by atoms with E-state index in [0.29, 0.717) is 0 Å². The van der Waals surface area contributed by atoms with Crippen LogP contribution in [0, 0.1) is 0 Å². The highest BCUT2D eigenvalue weighted by atomic mass is 16.5. The summed E-state index contributed by atoms with van der Waals surface area (Å²) in [4.78, 5) is 0. The van der Waals surface area contributed by atoms with Gasteiger partial charge in [-0.25, -0.2) is 0 Å². The Morgan fingerprint density at radius 1 is 1.10 bits per heavy atom. The van der Waals surface area contributed by atoms with Gasteiger partial charge in [-0.1, -0.05) is 43.2 Å². The lowest BCUT2D eigenvalue weighted by molar-refractivity contribution is 0.163. The number of hydrogen-bond acceptors (Lipinski definition) is 3. The number of rotatable bonds is 5. The van der Waals surface area contributed by atoms with Crippen molar-refractivity contribution >= 4 is 10.8 Å². The van der Waals surface area contributed by atoms with Crippen LogP contribution >= 0.6 is 0 Å². The zero-order valence-electron chi connectivity index (χ0n) is 12.6. The first-order chi connectivity index (χ1) is 10.3. The summed E-state index contributed by atoms with van der Waals surface area (Å²) in [6.07, 6.45) is 4.54. The summed E-state index contributed by atoms with van der Waals surface area (Å²) in [6, 6.07) is 12.5. The number of nitrogens with one attached hydrogen (secondary N) is 1. The molecule has 2 aromatic carbocycles. The van der Waals surface area contributed by atoms with E-state index in [-0.39, 0.29) is 12.1 Å². The second-order valence-corrected chi connectivity index (χ2v) is 5.97. The fraction of sp³-hybridized carbons (Fsp3) is 0.444. The van der Waals surface area contributed by atoms with Crippen LogP contribution in [0.4, 0.5) is 0 Å². The van der Waals surface area contributed by atoms with Gasteiger partial charge in [0.1, 0.15) is 5.75 Å². The summed E-state index contributed by atoms with van der Waals surface area (Å²) in [7, 11) is 1.71. The fourth-order valence-corrected chi connectivity index (χ4v) is 3.39. The largest absolute Gasteiger partial charge is 0.496 e. The van der Waals surface area contributed by atoms with E-state index in [1.165, 1.54) is 23.8 Å². The molecule has 3 rings (SSSR count). The van der Waals surface area contributed by atoms with Crippen LogP contribution in [0.3, 0.4) is 0 Å². The van der Waals surface area contributed by atoms with Gasteiger partial charge in [-0.2, -0.15) is 0 Å². The van der Waals surface area contributed by atoms with Crippen molar-refractivity contribution < 1.29 is 9.84 Å². The Bertz CT molecular complexity index is 618. The van der Waals surface area contributed by atoms with E-state index in [2.05, 4.69) is 29.6 Å². The van der Waals surface area contributed by atoms with Gasteiger partial charge in [0.15, 0.2) is 0 Å². The summed E-state index contributed by atoms with van der Waals surface area (Å²) >= 11 is 0. The molecule has 21 heavy (non-hydrogen) atoms. The third-order valence-corrected chi connectivity index (χ3v) is 4.71. The molecule has 1 aliphatic rings. The molecule has 3 nitrogen and oxygen atoms in total. The van der Waals surface area contributed by atoms with E-state index in [1.54, 1.807) is 7.11 Å². The molecular formula is C18H23NO2. The molecule has 0 aromatic heterocycles. The molecule has 2 N–H and O–H groups in total. The maximum atomic E-state index is 9.71. The normalized spacial score (nSPS) is 17.2. The molecule has 0 heterocycles. The first-order valence-corrected chi connectivity index (χ1v) is 7.68. The number of aliphatic hydroxyl groups is 1. The molecule has 1 saturated carbocycles. The van der Waals surface area contributed by atoms with Crippen molar-refractivity contribution in [3.63, 3.8) is 0 Å². The average Bonchev–Trinajstić information content (AvgIpc) is 3.02. The maximum absolute atomic E-state index is 9.71. The number of benzene rings is 2. The van der Waals surface area contributed by atoms with Gasteiger partial charge in [0, 0.05) is 17.5 Å². The highest BCUT2D eigenvalue weighted by Crippen LogP contribution is 2.31. The predicted molar refractivity (Wildman–Crippen MR) is 85.6 cm³/mol. The minimum atomic E-state index is -0.0823. The minimum absolute atomic E-state index is 0.0823. The second-order valence-electron chi connectivity index (χ2n) is 5.97. The summed E-state index contributed by atoms with van der Waals surface area (Å²) < 4.78 is 5.44. The molecular weight excluding hydrogens is 262 g/mol. The molecule has 0 spiro atoms. The molecule has 0 amide bonds. The zero-order chi connectivity index (χ0) is 14.7. The fourth-order valence-electron chi connectivity index (χ4n) is 3.39. The molecule has 0 aliphatic heterocycles. The summed E-state index contributed by atoms with van der Waals surface area (Å²) in [6.45, 7) is 1.01. The Morgan fingerprint density at radius 2 is 1.81 bits per heavy atom. The molecule has 2 aromatic rings. The quantitative estimate of drug-likeness (QED) is 0.886. The first-order valence-electron chi connectivity index (χ1n) is 7.68. The van der Waals surface area contributed by atoms with Crippen LogP contribution in [0.1, 0.15) is 31.2 Å². The van der Waals surface area contributed by atoms with Crippen LogP contribution in [-0.2, 0) is 6.54 Å². The average molecular weight is 285 g/mol. The monoisotopic (exact) mass is 285 g/mol. The lowest BCUT2D eigenvalue weighted by Crippen LogP contribution is -2.45. The van der Waals surface area contributed by atoms with Gasteiger partial charge < -0.3 is 15.2 Å². The van der Waals surface area contributed by atoms with Gasteiger partial charge in [0.05, 0.1) is 13.7 Å². The van der Waals surface area contributed by atoms with E-state index < -0.39 is 0 Å². The highest BCUT2D eigenvalue weighted by Gasteiger charge is 2.32. The number of hydrogen-bond donors (Lipinski definition) is 2. The Morgan fingerprint density at radius 3 is 2.48 bits per heavy atom. The minimum Gasteiger partial charge on any atom is -0.496 e. The van der Waals surface area contributed by atoms with Gasteiger partial charge in [-0.05, 0) is 29.9 Å². The number of ether oxygens (including phenoxy) is 1. The highest BCUT2D eigenvalue weighted by molar-refractivity contribution is 5.91. The number of fused-ring (bicyclic) bond motifs is 1. The molecule has 1 aliphatic carbocycles. The van der Waals surface area contributed by atoms with Crippen molar-refractivity contribution in [1.82, 2.24) is 5.32 Å². The van der Waals surface area contributed by atoms with E-state index in [4.69, 9.17) is 4.74 Å². The summed E-state index contributed by atoms with van der Waals surface area (Å²) in [5, 5.41) is 15.7. The summed E-state index contributed by atoms with van der Waals surface area (Å²) in [5.41, 5.74) is 1.17. The van der Waals surface area contributed by atoms with Crippen LogP contribution in [0.25, 0.3) is 10.8 Å². The Labute approximate surface area is 125 Å². The molecule has 112 valence electrons. The molecule has 0 bridgehead atoms. The molecule has 1 fully saturated rings. The lowest BCUT2D eigenvalue weighted by Gasteiger charge is -2.28. The van der Waals surface area contributed by atoms with Crippen molar-refractivity contribution in [3.8, 4) is 5.75 Å². The molecule has 0 atom stereocenters. The SMILES string of the molecule is COc1ccc(CNC2(CO)CCCC2)c2ccccc12.